The molecule has 2 atom stereocenters. The summed E-state index contributed by atoms with van der Waals surface area (Å²) in [5, 5.41) is 6.50. The Balaban J connectivity index is 1.59. The van der Waals surface area contributed by atoms with E-state index in [4.69, 9.17) is 4.74 Å². The van der Waals surface area contributed by atoms with Gasteiger partial charge in [0, 0.05) is 25.7 Å². The molecular formula is C18H28N4O2. The zero-order chi connectivity index (χ0) is 16.8. The lowest BCUT2D eigenvalue weighted by Crippen LogP contribution is -2.37. The van der Waals surface area contributed by atoms with Crippen LogP contribution < -0.4 is 15.5 Å². The molecule has 6 nitrogen and oxygen atoms in total. The quantitative estimate of drug-likeness (QED) is 0.862. The largest absolute Gasteiger partial charge is 0.378 e. The minimum absolute atomic E-state index is 0.0792. The number of carbonyl (C=O) groups is 1. The number of pyridine rings is 1. The highest BCUT2D eigenvalue weighted by molar-refractivity contribution is 5.93. The maximum absolute atomic E-state index is 12.5. The van der Waals surface area contributed by atoms with Gasteiger partial charge in [0.25, 0.3) is 0 Å². The van der Waals surface area contributed by atoms with Crippen LogP contribution in [-0.2, 0) is 9.53 Å². The molecule has 0 aromatic carbocycles. The molecule has 2 saturated heterocycles. The molecule has 2 N–H and O–H groups in total. The average molecular weight is 332 g/mol. The van der Waals surface area contributed by atoms with E-state index >= 15 is 0 Å². The molecule has 0 spiro atoms. The van der Waals surface area contributed by atoms with Crippen LogP contribution in [0.1, 0.15) is 26.2 Å². The van der Waals surface area contributed by atoms with Crippen LogP contribution in [0.4, 0.5) is 11.5 Å². The number of ether oxygens (including phenoxy) is 1. The Bertz CT molecular complexity index is 540. The van der Waals surface area contributed by atoms with E-state index in [9.17, 15) is 4.79 Å². The van der Waals surface area contributed by atoms with Crippen LogP contribution in [0.2, 0.25) is 0 Å². The van der Waals surface area contributed by atoms with Crippen molar-refractivity contribution in [3.63, 3.8) is 0 Å². The normalized spacial score (nSPS) is 22.9. The fraction of sp³-hybridized carbons (Fsp3) is 0.667. The standard InChI is InChI=1S/C18H28N4O2/c1-14(15-4-2-6-19-13-15)12-17(23)21-16-5-3-7-20-18(16)22-8-10-24-11-9-22/h3,5,7,14-15,19H,2,4,6,8-13H2,1H3,(H,21,23). The summed E-state index contributed by atoms with van der Waals surface area (Å²) in [6.45, 7) is 7.34. The summed E-state index contributed by atoms with van der Waals surface area (Å²) in [6, 6.07) is 3.80. The maximum atomic E-state index is 12.5. The molecule has 2 aliphatic rings. The van der Waals surface area contributed by atoms with E-state index in [1.807, 2.05) is 12.1 Å². The Morgan fingerprint density at radius 3 is 3.08 bits per heavy atom. The Kier molecular flexibility index (Phi) is 6.04. The molecule has 3 rings (SSSR count). The van der Waals surface area contributed by atoms with Crippen molar-refractivity contribution in [2.24, 2.45) is 11.8 Å². The first-order valence-corrected chi connectivity index (χ1v) is 9.02. The van der Waals surface area contributed by atoms with Crippen molar-refractivity contribution in [3.05, 3.63) is 18.3 Å². The van der Waals surface area contributed by atoms with Gasteiger partial charge in [-0.15, -0.1) is 0 Å². The van der Waals surface area contributed by atoms with Gasteiger partial charge in [-0.2, -0.15) is 0 Å². The average Bonchev–Trinajstić information content (AvgIpc) is 2.63. The zero-order valence-corrected chi connectivity index (χ0v) is 14.5. The maximum Gasteiger partial charge on any atom is 0.224 e. The number of hydrogen-bond acceptors (Lipinski definition) is 5. The molecule has 2 unspecified atom stereocenters. The summed E-state index contributed by atoms with van der Waals surface area (Å²) >= 11 is 0. The molecule has 6 heteroatoms. The van der Waals surface area contributed by atoms with Crippen LogP contribution in [-0.4, -0.2) is 50.3 Å². The fourth-order valence-electron chi connectivity index (χ4n) is 3.55. The third kappa shape index (κ3) is 4.45. The number of nitrogens with zero attached hydrogens (tertiary/aromatic N) is 2. The highest BCUT2D eigenvalue weighted by Crippen LogP contribution is 2.26. The summed E-state index contributed by atoms with van der Waals surface area (Å²) in [5.41, 5.74) is 0.804. The van der Waals surface area contributed by atoms with E-state index in [0.29, 0.717) is 31.5 Å². The number of amides is 1. The molecule has 0 saturated carbocycles. The molecule has 0 aliphatic carbocycles. The van der Waals surface area contributed by atoms with E-state index in [-0.39, 0.29) is 5.91 Å². The zero-order valence-electron chi connectivity index (χ0n) is 14.5. The third-order valence-corrected chi connectivity index (χ3v) is 5.02. The van der Waals surface area contributed by atoms with Crippen LogP contribution in [0.15, 0.2) is 18.3 Å². The second-order valence-electron chi connectivity index (χ2n) is 6.81. The van der Waals surface area contributed by atoms with Crippen molar-refractivity contribution in [1.82, 2.24) is 10.3 Å². The summed E-state index contributed by atoms with van der Waals surface area (Å²) < 4.78 is 5.40. The highest BCUT2D eigenvalue weighted by atomic mass is 16.5. The monoisotopic (exact) mass is 332 g/mol. The molecule has 3 heterocycles. The first-order valence-electron chi connectivity index (χ1n) is 9.02. The van der Waals surface area contributed by atoms with Gasteiger partial charge in [0.1, 0.15) is 0 Å². The molecule has 2 aliphatic heterocycles. The summed E-state index contributed by atoms with van der Waals surface area (Å²) in [5.74, 6) is 1.91. The van der Waals surface area contributed by atoms with Gasteiger partial charge in [-0.1, -0.05) is 6.92 Å². The van der Waals surface area contributed by atoms with Gasteiger partial charge < -0.3 is 20.3 Å². The van der Waals surface area contributed by atoms with Gasteiger partial charge >= 0.3 is 0 Å². The van der Waals surface area contributed by atoms with Crippen molar-refractivity contribution in [1.29, 1.82) is 0 Å². The fourth-order valence-corrected chi connectivity index (χ4v) is 3.55. The molecule has 1 aromatic heterocycles. The molecule has 1 amide bonds. The van der Waals surface area contributed by atoms with Crippen molar-refractivity contribution >= 4 is 17.4 Å². The Morgan fingerprint density at radius 2 is 2.33 bits per heavy atom. The van der Waals surface area contributed by atoms with E-state index in [2.05, 4.69) is 27.4 Å². The molecule has 1 aromatic rings. The van der Waals surface area contributed by atoms with Gasteiger partial charge in [0.15, 0.2) is 5.82 Å². The third-order valence-electron chi connectivity index (χ3n) is 5.02. The predicted molar refractivity (Wildman–Crippen MR) is 95.3 cm³/mol. The summed E-state index contributed by atoms with van der Waals surface area (Å²) in [4.78, 5) is 19.1. The van der Waals surface area contributed by atoms with Crippen molar-refractivity contribution in [2.45, 2.75) is 26.2 Å². The molecule has 2 fully saturated rings. The van der Waals surface area contributed by atoms with Crippen LogP contribution in [0.5, 0.6) is 0 Å². The van der Waals surface area contributed by atoms with Crippen molar-refractivity contribution in [3.8, 4) is 0 Å². The summed E-state index contributed by atoms with van der Waals surface area (Å²) in [6.07, 6.45) is 4.76. The molecule has 132 valence electrons. The Hall–Kier alpha value is -1.66. The van der Waals surface area contributed by atoms with E-state index in [0.717, 1.165) is 37.7 Å². The van der Waals surface area contributed by atoms with Crippen molar-refractivity contribution < 1.29 is 9.53 Å². The minimum Gasteiger partial charge on any atom is -0.378 e. The molecule has 0 bridgehead atoms. The molecular weight excluding hydrogens is 304 g/mol. The number of aromatic nitrogens is 1. The van der Waals surface area contributed by atoms with E-state index in [1.54, 1.807) is 6.20 Å². The predicted octanol–water partition coefficient (Wildman–Crippen LogP) is 1.88. The van der Waals surface area contributed by atoms with Gasteiger partial charge in [-0.25, -0.2) is 4.98 Å². The Morgan fingerprint density at radius 1 is 1.50 bits per heavy atom. The number of hydrogen-bond donors (Lipinski definition) is 2. The Labute approximate surface area is 144 Å². The van der Waals surface area contributed by atoms with Crippen LogP contribution in [0, 0.1) is 11.8 Å². The first kappa shape index (κ1) is 17.2. The smallest absolute Gasteiger partial charge is 0.224 e. The van der Waals surface area contributed by atoms with Gasteiger partial charge in [0.05, 0.1) is 18.9 Å². The van der Waals surface area contributed by atoms with Crippen molar-refractivity contribution in [2.75, 3.05) is 49.6 Å². The number of morpholine rings is 1. The van der Waals surface area contributed by atoms with E-state index < -0.39 is 0 Å². The van der Waals surface area contributed by atoms with Gasteiger partial charge in [-0.3, -0.25) is 4.79 Å². The highest BCUT2D eigenvalue weighted by Gasteiger charge is 2.23. The lowest BCUT2D eigenvalue weighted by atomic mass is 9.85. The van der Waals surface area contributed by atoms with Crippen LogP contribution >= 0.6 is 0 Å². The van der Waals surface area contributed by atoms with Gasteiger partial charge in [-0.05, 0) is 49.9 Å². The number of piperidine rings is 1. The van der Waals surface area contributed by atoms with E-state index in [1.165, 1.54) is 12.8 Å². The number of rotatable bonds is 5. The molecule has 24 heavy (non-hydrogen) atoms. The summed E-state index contributed by atoms with van der Waals surface area (Å²) in [7, 11) is 0. The second-order valence-corrected chi connectivity index (χ2v) is 6.81. The first-order chi connectivity index (χ1) is 11.7. The molecule has 0 radical (unpaired) electrons. The second kappa shape index (κ2) is 8.44. The van der Waals surface area contributed by atoms with Crippen LogP contribution in [0.3, 0.4) is 0 Å². The number of nitrogens with one attached hydrogen (secondary N) is 2. The van der Waals surface area contributed by atoms with Gasteiger partial charge in [0.2, 0.25) is 5.91 Å². The van der Waals surface area contributed by atoms with Crippen LogP contribution in [0.25, 0.3) is 0 Å². The number of carbonyl (C=O) groups excluding carboxylic acids is 1. The SMILES string of the molecule is CC(CC(=O)Nc1cccnc1N1CCOCC1)C1CCCNC1. The minimum atomic E-state index is 0.0792. The number of anilines is 2. The lowest BCUT2D eigenvalue weighted by Gasteiger charge is -2.30. The lowest BCUT2D eigenvalue weighted by molar-refractivity contribution is -0.117. The topological polar surface area (TPSA) is 66.5 Å².